The first-order valence-corrected chi connectivity index (χ1v) is 6.11. The van der Waals surface area contributed by atoms with Gasteiger partial charge in [-0.25, -0.2) is 4.98 Å². The summed E-state index contributed by atoms with van der Waals surface area (Å²) in [6, 6.07) is 9.54. The minimum absolute atomic E-state index is 0.0424. The normalized spacial score (nSPS) is 10.7. The third kappa shape index (κ3) is 1.99. The molecule has 0 atom stereocenters. The van der Waals surface area contributed by atoms with Crippen molar-refractivity contribution in [2.24, 2.45) is 0 Å². The van der Waals surface area contributed by atoms with E-state index in [0.29, 0.717) is 5.56 Å². The number of hydrogen-bond acceptors (Lipinski definition) is 4. The Labute approximate surface area is 115 Å². The quantitative estimate of drug-likeness (QED) is 0.525. The molecular formula is C15H11N3O2. The van der Waals surface area contributed by atoms with E-state index in [1.54, 1.807) is 19.3 Å². The van der Waals surface area contributed by atoms with Crippen LogP contribution in [0.2, 0.25) is 0 Å². The van der Waals surface area contributed by atoms with E-state index < -0.39 is 4.92 Å². The Balaban J connectivity index is 2.24. The van der Waals surface area contributed by atoms with Crippen LogP contribution in [0, 0.1) is 17.0 Å². The van der Waals surface area contributed by atoms with E-state index in [-0.39, 0.29) is 5.69 Å². The molecule has 0 saturated carbocycles. The molecule has 0 aliphatic carbocycles. The molecule has 5 nitrogen and oxygen atoms in total. The summed E-state index contributed by atoms with van der Waals surface area (Å²) in [4.78, 5) is 18.8. The molecule has 2 aromatic heterocycles. The molecule has 20 heavy (non-hydrogen) atoms. The fourth-order valence-corrected chi connectivity index (χ4v) is 2.21. The lowest BCUT2D eigenvalue weighted by molar-refractivity contribution is -0.385. The monoisotopic (exact) mass is 265 g/mol. The average Bonchev–Trinajstić information content (AvgIpc) is 2.48. The standard InChI is InChI=1S/C15H11N3O2/c1-10-13-7-11(12-3-2-6-16-8-12)4-5-14(13)17-9-15(10)18(19)20/h2-9H,1H3. The molecule has 0 radical (unpaired) electrons. The van der Waals surface area contributed by atoms with Gasteiger partial charge in [0.25, 0.3) is 5.69 Å². The topological polar surface area (TPSA) is 68.9 Å². The van der Waals surface area contributed by atoms with Crippen molar-refractivity contribution >= 4 is 16.6 Å². The van der Waals surface area contributed by atoms with E-state index in [0.717, 1.165) is 22.0 Å². The second-order valence-corrected chi connectivity index (χ2v) is 4.50. The van der Waals surface area contributed by atoms with Gasteiger partial charge in [-0.05, 0) is 30.7 Å². The highest BCUT2D eigenvalue weighted by atomic mass is 16.6. The van der Waals surface area contributed by atoms with Gasteiger partial charge in [-0.2, -0.15) is 0 Å². The minimum Gasteiger partial charge on any atom is -0.264 e. The summed E-state index contributed by atoms with van der Waals surface area (Å²) in [6.07, 6.45) is 4.78. The maximum absolute atomic E-state index is 11.0. The second kappa shape index (κ2) is 4.70. The van der Waals surface area contributed by atoms with E-state index in [2.05, 4.69) is 9.97 Å². The van der Waals surface area contributed by atoms with Gasteiger partial charge in [0.1, 0.15) is 6.20 Å². The predicted molar refractivity (Wildman–Crippen MR) is 76.4 cm³/mol. The van der Waals surface area contributed by atoms with Crippen LogP contribution in [-0.2, 0) is 0 Å². The molecular weight excluding hydrogens is 254 g/mol. The minimum atomic E-state index is -0.404. The zero-order valence-electron chi connectivity index (χ0n) is 10.8. The number of aromatic nitrogens is 2. The smallest absolute Gasteiger partial charge is 0.264 e. The van der Waals surface area contributed by atoms with Crippen molar-refractivity contribution in [1.29, 1.82) is 0 Å². The molecule has 0 spiro atoms. The lowest BCUT2D eigenvalue weighted by Gasteiger charge is -2.06. The Morgan fingerprint density at radius 3 is 2.70 bits per heavy atom. The Hall–Kier alpha value is -2.82. The zero-order valence-corrected chi connectivity index (χ0v) is 10.8. The first-order valence-electron chi connectivity index (χ1n) is 6.11. The van der Waals surface area contributed by atoms with Crippen molar-refractivity contribution in [1.82, 2.24) is 9.97 Å². The highest BCUT2D eigenvalue weighted by molar-refractivity contribution is 5.89. The summed E-state index contributed by atoms with van der Waals surface area (Å²) in [5.74, 6) is 0. The molecule has 0 bridgehead atoms. The van der Waals surface area contributed by atoms with Crippen LogP contribution < -0.4 is 0 Å². The lowest BCUT2D eigenvalue weighted by atomic mass is 10.0. The maximum atomic E-state index is 11.0. The van der Waals surface area contributed by atoms with Gasteiger partial charge in [0.2, 0.25) is 0 Å². The van der Waals surface area contributed by atoms with Crippen LogP contribution >= 0.6 is 0 Å². The molecule has 5 heteroatoms. The molecule has 0 aliphatic heterocycles. The van der Waals surface area contributed by atoms with Gasteiger partial charge in [0.15, 0.2) is 0 Å². The molecule has 0 N–H and O–H groups in total. The summed E-state index contributed by atoms with van der Waals surface area (Å²) in [5.41, 5.74) is 3.36. The van der Waals surface area contributed by atoms with E-state index >= 15 is 0 Å². The third-order valence-electron chi connectivity index (χ3n) is 3.30. The zero-order chi connectivity index (χ0) is 14.1. The van der Waals surface area contributed by atoms with Gasteiger partial charge >= 0.3 is 0 Å². The first kappa shape index (κ1) is 12.2. The average molecular weight is 265 g/mol. The third-order valence-corrected chi connectivity index (χ3v) is 3.30. The van der Waals surface area contributed by atoms with Crippen molar-refractivity contribution in [3.05, 3.63) is 64.6 Å². The van der Waals surface area contributed by atoms with E-state index in [4.69, 9.17) is 0 Å². The summed E-state index contributed by atoms with van der Waals surface area (Å²) < 4.78 is 0. The summed E-state index contributed by atoms with van der Waals surface area (Å²) in [7, 11) is 0. The Bertz CT molecular complexity index is 801. The maximum Gasteiger partial charge on any atom is 0.291 e. The van der Waals surface area contributed by atoms with Gasteiger partial charge in [-0.1, -0.05) is 12.1 Å². The molecule has 98 valence electrons. The Kier molecular flexibility index (Phi) is 2.87. The van der Waals surface area contributed by atoms with Crippen LogP contribution in [0.15, 0.2) is 48.9 Å². The van der Waals surface area contributed by atoms with Crippen molar-refractivity contribution in [3.8, 4) is 11.1 Å². The van der Waals surface area contributed by atoms with E-state index in [1.807, 2.05) is 30.3 Å². The molecule has 2 heterocycles. The largest absolute Gasteiger partial charge is 0.291 e. The number of hydrogen-bond donors (Lipinski definition) is 0. The molecule has 0 amide bonds. The molecule has 0 saturated heterocycles. The number of fused-ring (bicyclic) bond motifs is 1. The molecule has 3 rings (SSSR count). The molecule has 3 aromatic rings. The molecule has 1 aromatic carbocycles. The van der Waals surface area contributed by atoms with Gasteiger partial charge in [0.05, 0.1) is 10.4 Å². The summed E-state index contributed by atoms with van der Waals surface area (Å²) in [6.45, 7) is 1.75. The van der Waals surface area contributed by atoms with Crippen molar-refractivity contribution in [2.45, 2.75) is 6.92 Å². The highest BCUT2D eigenvalue weighted by Crippen LogP contribution is 2.29. The molecule has 0 fully saturated rings. The fraction of sp³-hybridized carbons (Fsp3) is 0.0667. The lowest BCUT2D eigenvalue weighted by Crippen LogP contribution is -1.94. The first-order chi connectivity index (χ1) is 9.66. The SMILES string of the molecule is Cc1c([N+](=O)[O-])cnc2ccc(-c3cccnc3)cc12. The number of rotatable bonds is 2. The van der Waals surface area contributed by atoms with Gasteiger partial charge in [-0.15, -0.1) is 0 Å². The fourth-order valence-electron chi connectivity index (χ4n) is 2.21. The van der Waals surface area contributed by atoms with Crippen LogP contribution in [0.25, 0.3) is 22.0 Å². The van der Waals surface area contributed by atoms with Crippen LogP contribution in [0.5, 0.6) is 0 Å². The second-order valence-electron chi connectivity index (χ2n) is 4.50. The van der Waals surface area contributed by atoms with E-state index in [1.165, 1.54) is 6.20 Å². The van der Waals surface area contributed by atoms with Crippen LogP contribution in [0.4, 0.5) is 5.69 Å². The highest BCUT2D eigenvalue weighted by Gasteiger charge is 2.14. The van der Waals surface area contributed by atoms with Crippen molar-refractivity contribution < 1.29 is 4.92 Å². The summed E-state index contributed by atoms with van der Waals surface area (Å²) >= 11 is 0. The summed E-state index contributed by atoms with van der Waals surface area (Å²) in [5, 5.41) is 11.8. The Morgan fingerprint density at radius 1 is 1.15 bits per heavy atom. The van der Waals surface area contributed by atoms with Gasteiger partial charge in [0, 0.05) is 28.9 Å². The van der Waals surface area contributed by atoms with Gasteiger partial charge in [-0.3, -0.25) is 15.1 Å². The number of nitro groups is 1. The van der Waals surface area contributed by atoms with Crippen LogP contribution in [-0.4, -0.2) is 14.9 Å². The number of pyridine rings is 2. The number of aryl methyl sites for hydroxylation is 1. The number of nitrogens with zero attached hydrogens (tertiary/aromatic N) is 3. The predicted octanol–water partition coefficient (Wildman–Crippen LogP) is 3.51. The number of benzene rings is 1. The molecule has 0 unspecified atom stereocenters. The Morgan fingerprint density at radius 2 is 2.00 bits per heavy atom. The molecule has 0 aliphatic rings. The van der Waals surface area contributed by atoms with Crippen LogP contribution in [0.3, 0.4) is 0 Å². The van der Waals surface area contributed by atoms with Crippen molar-refractivity contribution in [3.63, 3.8) is 0 Å². The van der Waals surface area contributed by atoms with E-state index in [9.17, 15) is 10.1 Å². The van der Waals surface area contributed by atoms with Gasteiger partial charge < -0.3 is 0 Å². The van der Waals surface area contributed by atoms with Crippen LogP contribution in [0.1, 0.15) is 5.56 Å². The van der Waals surface area contributed by atoms with Crippen molar-refractivity contribution in [2.75, 3.05) is 0 Å².